The summed E-state index contributed by atoms with van der Waals surface area (Å²) in [4.78, 5) is 25.2. The summed E-state index contributed by atoms with van der Waals surface area (Å²) < 4.78 is 5.74. The fourth-order valence-electron chi connectivity index (χ4n) is 3.39. The number of carbonyl (C=O) groups is 2. The van der Waals surface area contributed by atoms with E-state index in [1.54, 1.807) is 11.0 Å². The minimum Gasteiger partial charge on any atom is -0.550 e. The number of rotatable bonds is 4. The van der Waals surface area contributed by atoms with Crippen LogP contribution < -0.4 is 5.11 Å². The van der Waals surface area contributed by atoms with E-state index in [0.717, 1.165) is 12.8 Å². The van der Waals surface area contributed by atoms with Gasteiger partial charge in [-0.2, -0.15) is 0 Å². The van der Waals surface area contributed by atoms with Crippen molar-refractivity contribution in [3.63, 3.8) is 0 Å². The van der Waals surface area contributed by atoms with Crippen molar-refractivity contribution in [3.8, 4) is 0 Å². The topological polar surface area (TPSA) is 69.7 Å². The van der Waals surface area contributed by atoms with Crippen molar-refractivity contribution in [2.24, 2.45) is 11.8 Å². The third-order valence-corrected chi connectivity index (χ3v) is 4.23. The summed E-state index contributed by atoms with van der Waals surface area (Å²) in [5.41, 5.74) is -0.708. The normalized spacial score (nSPS) is 40.6. The highest BCUT2D eigenvalue weighted by molar-refractivity contribution is 5.90. The van der Waals surface area contributed by atoms with Crippen LogP contribution in [-0.4, -0.2) is 41.6 Å². The second-order valence-electron chi connectivity index (χ2n) is 5.33. The van der Waals surface area contributed by atoms with Gasteiger partial charge >= 0.3 is 0 Å². The molecule has 4 atom stereocenters. The number of ether oxygens (including phenoxy) is 1. The van der Waals surface area contributed by atoms with Crippen LogP contribution in [0.3, 0.4) is 0 Å². The summed E-state index contributed by atoms with van der Waals surface area (Å²) in [5.74, 6) is -2.69. The molecule has 1 amide bonds. The Hall–Kier alpha value is -1.36. The molecule has 3 aliphatic heterocycles. The van der Waals surface area contributed by atoms with Gasteiger partial charge in [0.15, 0.2) is 0 Å². The van der Waals surface area contributed by atoms with Gasteiger partial charge in [-0.15, -0.1) is 0 Å². The van der Waals surface area contributed by atoms with Gasteiger partial charge in [-0.25, -0.2) is 0 Å². The van der Waals surface area contributed by atoms with Gasteiger partial charge in [0.1, 0.15) is 5.60 Å². The van der Waals surface area contributed by atoms with Gasteiger partial charge in [0.05, 0.1) is 18.6 Å². The molecule has 3 rings (SSSR count). The second-order valence-corrected chi connectivity index (χ2v) is 5.33. The Morgan fingerprint density at radius 3 is 3.11 bits per heavy atom. The number of unbranched alkanes of at least 4 members (excludes halogenated alkanes) is 1. The van der Waals surface area contributed by atoms with E-state index in [4.69, 9.17) is 4.74 Å². The van der Waals surface area contributed by atoms with E-state index in [0.29, 0.717) is 13.1 Å². The van der Waals surface area contributed by atoms with Crippen molar-refractivity contribution in [2.45, 2.75) is 31.5 Å². The van der Waals surface area contributed by atoms with Gasteiger partial charge in [0.25, 0.3) is 0 Å². The Morgan fingerprint density at radius 2 is 2.44 bits per heavy atom. The average molecular weight is 250 g/mol. The number of amides is 1. The summed E-state index contributed by atoms with van der Waals surface area (Å²) in [6.07, 6.45) is 5.07. The van der Waals surface area contributed by atoms with Crippen LogP contribution >= 0.6 is 0 Å². The van der Waals surface area contributed by atoms with Crippen LogP contribution in [-0.2, 0) is 14.3 Å². The standard InChI is InChI=1S/C13H17NO4/c1-2-3-6-14-7-13-5-4-8(18-13)9(12(16)17)10(13)11(14)15/h4-5,8-10H,2-3,6-7H2,1H3,(H,16,17)/p-1/t8-,9+,10-,13+/m0/s1. The molecule has 0 unspecified atom stereocenters. The highest BCUT2D eigenvalue weighted by Gasteiger charge is 2.65. The molecule has 2 bridgehead atoms. The maximum Gasteiger partial charge on any atom is 0.229 e. The van der Waals surface area contributed by atoms with Crippen molar-refractivity contribution in [1.29, 1.82) is 0 Å². The zero-order chi connectivity index (χ0) is 12.9. The van der Waals surface area contributed by atoms with Crippen LogP contribution in [0.2, 0.25) is 0 Å². The quantitative estimate of drug-likeness (QED) is 0.620. The van der Waals surface area contributed by atoms with E-state index >= 15 is 0 Å². The fourth-order valence-corrected chi connectivity index (χ4v) is 3.39. The first-order valence-electron chi connectivity index (χ1n) is 6.46. The summed E-state index contributed by atoms with van der Waals surface area (Å²) >= 11 is 0. The molecule has 98 valence electrons. The Bertz CT molecular complexity index is 433. The molecule has 0 aromatic rings. The van der Waals surface area contributed by atoms with Crippen LogP contribution in [0.15, 0.2) is 12.2 Å². The van der Waals surface area contributed by atoms with Crippen LogP contribution in [0.5, 0.6) is 0 Å². The van der Waals surface area contributed by atoms with E-state index in [-0.39, 0.29) is 5.91 Å². The highest BCUT2D eigenvalue weighted by Crippen LogP contribution is 2.51. The number of carboxylic acid groups (broad SMARTS) is 1. The van der Waals surface area contributed by atoms with Gasteiger partial charge in [-0.1, -0.05) is 25.5 Å². The van der Waals surface area contributed by atoms with E-state index in [9.17, 15) is 14.7 Å². The molecule has 0 aromatic carbocycles. The van der Waals surface area contributed by atoms with Gasteiger partial charge in [0, 0.05) is 18.4 Å². The number of aliphatic carboxylic acids is 1. The van der Waals surface area contributed by atoms with Crippen LogP contribution in [0, 0.1) is 11.8 Å². The second kappa shape index (κ2) is 3.82. The number of hydrogen-bond donors (Lipinski definition) is 0. The van der Waals surface area contributed by atoms with E-state index in [1.165, 1.54) is 0 Å². The molecule has 18 heavy (non-hydrogen) atoms. The smallest absolute Gasteiger partial charge is 0.229 e. The third kappa shape index (κ3) is 1.37. The van der Waals surface area contributed by atoms with E-state index < -0.39 is 29.5 Å². The predicted molar refractivity (Wildman–Crippen MR) is 60.2 cm³/mol. The molecule has 3 heterocycles. The molecule has 1 spiro atoms. The number of carbonyl (C=O) groups excluding carboxylic acids is 2. The molecule has 2 fully saturated rings. The Morgan fingerprint density at radius 1 is 1.67 bits per heavy atom. The largest absolute Gasteiger partial charge is 0.550 e. The number of likely N-dealkylation sites (tertiary alicyclic amines) is 1. The molecule has 0 aromatic heterocycles. The lowest BCUT2D eigenvalue weighted by Gasteiger charge is -2.24. The Kier molecular flexibility index (Phi) is 2.48. The first-order chi connectivity index (χ1) is 8.59. The van der Waals surface area contributed by atoms with Gasteiger partial charge < -0.3 is 19.5 Å². The molecule has 5 heteroatoms. The minimum atomic E-state index is -1.18. The number of carboxylic acids is 1. The Balaban J connectivity index is 1.87. The van der Waals surface area contributed by atoms with Crippen molar-refractivity contribution >= 4 is 11.9 Å². The third-order valence-electron chi connectivity index (χ3n) is 4.23. The predicted octanol–water partition coefficient (Wildman–Crippen LogP) is -0.682. The van der Waals surface area contributed by atoms with Crippen LogP contribution in [0.1, 0.15) is 19.8 Å². The molecular formula is C13H16NO4-. The zero-order valence-electron chi connectivity index (χ0n) is 10.3. The summed E-state index contributed by atoms with van der Waals surface area (Å²) in [5, 5.41) is 11.2. The van der Waals surface area contributed by atoms with E-state index in [2.05, 4.69) is 6.92 Å². The molecule has 0 saturated carbocycles. The van der Waals surface area contributed by atoms with Gasteiger partial charge in [0.2, 0.25) is 5.91 Å². The number of fused-ring (bicyclic) bond motifs is 1. The van der Waals surface area contributed by atoms with Crippen molar-refractivity contribution < 1.29 is 19.4 Å². The van der Waals surface area contributed by atoms with Crippen LogP contribution in [0.25, 0.3) is 0 Å². The van der Waals surface area contributed by atoms with E-state index in [1.807, 2.05) is 6.08 Å². The maximum absolute atomic E-state index is 12.3. The maximum atomic E-state index is 12.3. The molecule has 2 saturated heterocycles. The number of hydrogen-bond acceptors (Lipinski definition) is 4. The number of nitrogens with zero attached hydrogens (tertiary/aromatic N) is 1. The SMILES string of the molecule is CCCCN1C[C@@]23C=C[C@H](O2)[C@@H](C(=O)[O-])[C@H]3C1=O. The molecule has 3 aliphatic rings. The molecule has 0 N–H and O–H groups in total. The monoisotopic (exact) mass is 250 g/mol. The first kappa shape index (κ1) is 11.7. The summed E-state index contributed by atoms with van der Waals surface area (Å²) in [6, 6.07) is 0. The summed E-state index contributed by atoms with van der Waals surface area (Å²) in [6.45, 7) is 3.22. The highest BCUT2D eigenvalue weighted by atomic mass is 16.5. The molecule has 0 aliphatic carbocycles. The van der Waals surface area contributed by atoms with Gasteiger partial charge in [-0.3, -0.25) is 4.79 Å². The van der Waals surface area contributed by atoms with Crippen LogP contribution in [0.4, 0.5) is 0 Å². The van der Waals surface area contributed by atoms with Gasteiger partial charge in [-0.05, 0) is 6.42 Å². The lowest BCUT2D eigenvalue weighted by atomic mass is 9.77. The minimum absolute atomic E-state index is 0.0931. The Labute approximate surface area is 105 Å². The lowest BCUT2D eigenvalue weighted by molar-refractivity contribution is -0.313. The lowest BCUT2D eigenvalue weighted by Crippen LogP contribution is -2.45. The molecule has 5 nitrogen and oxygen atoms in total. The molecule has 0 radical (unpaired) electrons. The average Bonchev–Trinajstić information content (AvgIpc) is 2.95. The first-order valence-corrected chi connectivity index (χ1v) is 6.46. The fraction of sp³-hybridized carbons (Fsp3) is 0.692. The van der Waals surface area contributed by atoms with Crippen molar-refractivity contribution in [3.05, 3.63) is 12.2 Å². The molecular weight excluding hydrogens is 234 g/mol. The summed E-state index contributed by atoms with van der Waals surface area (Å²) in [7, 11) is 0. The van der Waals surface area contributed by atoms with Crippen molar-refractivity contribution in [2.75, 3.05) is 13.1 Å². The zero-order valence-corrected chi connectivity index (χ0v) is 10.3. The van der Waals surface area contributed by atoms with Crippen molar-refractivity contribution in [1.82, 2.24) is 4.90 Å².